The summed E-state index contributed by atoms with van der Waals surface area (Å²) in [7, 11) is 0. The van der Waals surface area contributed by atoms with E-state index < -0.39 is 11.7 Å². The van der Waals surface area contributed by atoms with Gasteiger partial charge in [-0.3, -0.25) is 0 Å². The van der Waals surface area contributed by atoms with Crippen molar-refractivity contribution in [3.63, 3.8) is 0 Å². The molecular formula is C12H17F3N2. The Labute approximate surface area is 99.0 Å². The predicted molar refractivity (Wildman–Crippen MR) is 62.8 cm³/mol. The maximum absolute atomic E-state index is 12.6. The molecule has 3 N–H and O–H groups in total. The van der Waals surface area contributed by atoms with E-state index in [1.165, 1.54) is 12.1 Å². The van der Waals surface area contributed by atoms with Gasteiger partial charge in [0.1, 0.15) is 0 Å². The van der Waals surface area contributed by atoms with Crippen molar-refractivity contribution in [2.45, 2.75) is 19.5 Å². The lowest BCUT2D eigenvalue weighted by Crippen LogP contribution is -2.16. The van der Waals surface area contributed by atoms with Crippen molar-refractivity contribution in [1.29, 1.82) is 0 Å². The zero-order valence-corrected chi connectivity index (χ0v) is 9.72. The molecule has 1 rings (SSSR count). The lowest BCUT2D eigenvalue weighted by Gasteiger charge is -2.15. The molecule has 0 bridgehead atoms. The normalized spacial score (nSPS) is 13.5. The molecule has 17 heavy (non-hydrogen) atoms. The van der Waals surface area contributed by atoms with Crippen LogP contribution in [-0.4, -0.2) is 13.1 Å². The van der Waals surface area contributed by atoms with E-state index in [2.05, 4.69) is 5.32 Å². The smallest absolute Gasteiger partial charge is 0.385 e. The molecule has 1 atom stereocenters. The molecule has 0 aliphatic carbocycles. The van der Waals surface area contributed by atoms with Crippen molar-refractivity contribution in [2.24, 2.45) is 11.7 Å². The highest BCUT2D eigenvalue weighted by Gasteiger charge is 2.32. The highest BCUT2D eigenvalue weighted by Crippen LogP contribution is 2.34. The third-order valence-corrected chi connectivity index (χ3v) is 2.59. The first-order valence-electron chi connectivity index (χ1n) is 5.55. The van der Waals surface area contributed by atoms with Crippen LogP contribution in [0.2, 0.25) is 0 Å². The monoisotopic (exact) mass is 246 g/mol. The van der Waals surface area contributed by atoms with Gasteiger partial charge in [0.05, 0.1) is 5.56 Å². The number of nitrogens with one attached hydrogen (secondary N) is 1. The number of rotatable bonds is 5. The van der Waals surface area contributed by atoms with Crippen LogP contribution in [0.3, 0.4) is 0 Å². The number of nitrogens with two attached hydrogens (primary N) is 1. The molecule has 5 heteroatoms. The fraction of sp³-hybridized carbons (Fsp3) is 0.500. The van der Waals surface area contributed by atoms with Gasteiger partial charge in [0, 0.05) is 12.2 Å². The Morgan fingerprint density at radius 2 is 1.94 bits per heavy atom. The van der Waals surface area contributed by atoms with Gasteiger partial charge in [0.15, 0.2) is 0 Å². The zero-order valence-electron chi connectivity index (χ0n) is 9.72. The molecule has 0 amide bonds. The molecule has 0 fully saturated rings. The van der Waals surface area contributed by atoms with Gasteiger partial charge in [-0.2, -0.15) is 13.2 Å². The fourth-order valence-corrected chi connectivity index (χ4v) is 1.46. The largest absolute Gasteiger partial charge is 0.418 e. The second kappa shape index (κ2) is 5.91. The van der Waals surface area contributed by atoms with Crippen molar-refractivity contribution in [2.75, 3.05) is 18.4 Å². The molecule has 0 radical (unpaired) electrons. The minimum absolute atomic E-state index is 0.129. The Balaban J connectivity index is 2.65. The third kappa shape index (κ3) is 4.26. The maximum atomic E-state index is 12.6. The first-order valence-corrected chi connectivity index (χ1v) is 5.55. The Morgan fingerprint density at radius 1 is 1.29 bits per heavy atom. The van der Waals surface area contributed by atoms with Crippen molar-refractivity contribution in [1.82, 2.24) is 0 Å². The summed E-state index contributed by atoms with van der Waals surface area (Å²) in [5.74, 6) is 0.306. The predicted octanol–water partition coefficient (Wildman–Crippen LogP) is 3.10. The van der Waals surface area contributed by atoms with E-state index >= 15 is 0 Å². The molecule has 2 nitrogen and oxygen atoms in total. The second-order valence-electron chi connectivity index (χ2n) is 4.10. The second-order valence-corrected chi connectivity index (χ2v) is 4.10. The van der Waals surface area contributed by atoms with E-state index in [-0.39, 0.29) is 5.69 Å². The minimum atomic E-state index is -4.32. The molecular weight excluding hydrogens is 229 g/mol. The van der Waals surface area contributed by atoms with E-state index in [1.54, 1.807) is 6.07 Å². The van der Waals surface area contributed by atoms with Gasteiger partial charge in [0.2, 0.25) is 0 Å². The third-order valence-electron chi connectivity index (χ3n) is 2.59. The van der Waals surface area contributed by atoms with Gasteiger partial charge in [-0.1, -0.05) is 19.1 Å². The highest BCUT2D eigenvalue weighted by molar-refractivity contribution is 5.52. The van der Waals surface area contributed by atoms with Crippen LogP contribution < -0.4 is 11.1 Å². The molecule has 96 valence electrons. The summed E-state index contributed by atoms with van der Waals surface area (Å²) in [6, 6.07) is 5.49. The number of alkyl halides is 3. The van der Waals surface area contributed by atoms with E-state index in [9.17, 15) is 13.2 Å². The van der Waals surface area contributed by atoms with Gasteiger partial charge >= 0.3 is 6.18 Å². The first-order chi connectivity index (χ1) is 7.95. The summed E-state index contributed by atoms with van der Waals surface area (Å²) in [4.78, 5) is 0. The molecule has 0 saturated heterocycles. The quantitative estimate of drug-likeness (QED) is 0.837. The van der Waals surface area contributed by atoms with Crippen LogP contribution >= 0.6 is 0 Å². The summed E-state index contributed by atoms with van der Waals surface area (Å²) < 4.78 is 37.9. The lowest BCUT2D eigenvalue weighted by molar-refractivity contribution is -0.136. The van der Waals surface area contributed by atoms with Crippen molar-refractivity contribution >= 4 is 5.69 Å². The van der Waals surface area contributed by atoms with Crippen LogP contribution in [0, 0.1) is 5.92 Å². The van der Waals surface area contributed by atoms with E-state index in [0.717, 1.165) is 12.5 Å². The SMILES string of the molecule is CC(CN)CCNc1ccccc1C(F)(F)F. The maximum Gasteiger partial charge on any atom is 0.418 e. The number of halogens is 3. The van der Waals surface area contributed by atoms with Gasteiger partial charge in [-0.15, -0.1) is 0 Å². The molecule has 1 aromatic carbocycles. The van der Waals surface area contributed by atoms with E-state index in [1.807, 2.05) is 6.92 Å². The van der Waals surface area contributed by atoms with Crippen molar-refractivity contribution in [3.8, 4) is 0 Å². The van der Waals surface area contributed by atoms with Crippen LogP contribution in [0.5, 0.6) is 0 Å². The Hall–Kier alpha value is -1.23. The molecule has 1 unspecified atom stereocenters. The number of hydrogen-bond donors (Lipinski definition) is 2. The summed E-state index contributed by atoms with van der Waals surface area (Å²) in [5.41, 5.74) is 4.95. The van der Waals surface area contributed by atoms with Gasteiger partial charge in [-0.25, -0.2) is 0 Å². The number of benzene rings is 1. The van der Waals surface area contributed by atoms with Crippen LogP contribution in [0.15, 0.2) is 24.3 Å². The van der Waals surface area contributed by atoms with E-state index in [0.29, 0.717) is 19.0 Å². The fourth-order valence-electron chi connectivity index (χ4n) is 1.46. The van der Waals surface area contributed by atoms with Gasteiger partial charge in [-0.05, 0) is 31.0 Å². The molecule has 0 aromatic heterocycles. The highest BCUT2D eigenvalue weighted by atomic mass is 19.4. The van der Waals surface area contributed by atoms with E-state index in [4.69, 9.17) is 5.73 Å². The summed E-state index contributed by atoms with van der Waals surface area (Å²) in [5, 5.41) is 2.81. The van der Waals surface area contributed by atoms with Crippen LogP contribution in [0.4, 0.5) is 18.9 Å². The lowest BCUT2D eigenvalue weighted by atomic mass is 10.1. The number of para-hydroxylation sites is 1. The average molecular weight is 246 g/mol. The topological polar surface area (TPSA) is 38.0 Å². The van der Waals surface area contributed by atoms with Crippen molar-refractivity contribution < 1.29 is 13.2 Å². The van der Waals surface area contributed by atoms with Gasteiger partial charge in [0.25, 0.3) is 0 Å². The molecule has 0 saturated carbocycles. The minimum Gasteiger partial charge on any atom is -0.385 e. The number of hydrogen-bond acceptors (Lipinski definition) is 2. The Kier molecular flexibility index (Phi) is 4.81. The van der Waals surface area contributed by atoms with Crippen molar-refractivity contribution in [3.05, 3.63) is 29.8 Å². The average Bonchev–Trinajstić information content (AvgIpc) is 2.28. The standard InChI is InChI=1S/C12H17F3N2/c1-9(8-16)6-7-17-11-5-3-2-4-10(11)12(13,14)15/h2-5,9,17H,6-8,16H2,1H3. The molecule has 0 aliphatic rings. The Morgan fingerprint density at radius 3 is 2.53 bits per heavy atom. The number of anilines is 1. The van der Waals surface area contributed by atoms with Crippen LogP contribution in [0.1, 0.15) is 18.9 Å². The summed E-state index contributed by atoms with van der Waals surface area (Å²) >= 11 is 0. The first kappa shape index (κ1) is 13.8. The molecule has 1 aromatic rings. The van der Waals surface area contributed by atoms with Crippen LogP contribution in [0.25, 0.3) is 0 Å². The summed E-state index contributed by atoms with van der Waals surface area (Å²) in [6.07, 6.45) is -3.56. The molecule has 0 spiro atoms. The van der Waals surface area contributed by atoms with Gasteiger partial charge < -0.3 is 11.1 Å². The summed E-state index contributed by atoms with van der Waals surface area (Å²) in [6.45, 7) is 3.01. The zero-order chi connectivity index (χ0) is 12.9. The molecule has 0 heterocycles. The molecule has 0 aliphatic heterocycles. The van der Waals surface area contributed by atoms with Crippen LogP contribution in [-0.2, 0) is 6.18 Å². The Bertz CT molecular complexity index is 350.